The molecule has 1 aromatic rings. The highest BCUT2D eigenvalue weighted by Crippen LogP contribution is 2.15. The number of hydrogen-bond acceptors (Lipinski definition) is 2. The molecule has 2 N–H and O–H groups in total. The normalized spacial score (nSPS) is 16.5. The molecule has 4 nitrogen and oxygen atoms in total. The molecule has 2 amide bonds. The Balaban J connectivity index is 1.67. The highest BCUT2D eigenvalue weighted by molar-refractivity contribution is 6.30. The van der Waals surface area contributed by atoms with Crippen LogP contribution < -0.4 is 10.6 Å². The first-order valence-electron chi connectivity index (χ1n) is 8.18. The third-order valence-corrected chi connectivity index (χ3v) is 4.31. The van der Waals surface area contributed by atoms with Gasteiger partial charge in [0.1, 0.15) is 0 Å². The number of rotatable bonds is 6. The Bertz CT molecular complexity index is 455. The van der Waals surface area contributed by atoms with Crippen LogP contribution in [0.3, 0.4) is 0 Å². The van der Waals surface area contributed by atoms with Gasteiger partial charge in [-0.1, -0.05) is 37.1 Å². The van der Waals surface area contributed by atoms with E-state index in [1.54, 1.807) is 0 Å². The lowest BCUT2D eigenvalue weighted by molar-refractivity contribution is 0.186. The lowest BCUT2D eigenvalue weighted by atomic mass is 10.0. The number of carbonyl (C=O) groups is 1. The van der Waals surface area contributed by atoms with Gasteiger partial charge in [0.15, 0.2) is 0 Å². The van der Waals surface area contributed by atoms with Crippen LogP contribution in [-0.2, 0) is 6.54 Å². The van der Waals surface area contributed by atoms with Crippen molar-refractivity contribution >= 4 is 17.6 Å². The number of halogens is 1. The summed E-state index contributed by atoms with van der Waals surface area (Å²) in [6.45, 7) is 5.87. The van der Waals surface area contributed by atoms with Crippen molar-refractivity contribution in [3.8, 4) is 0 Å². The molecule has 1 aromatic carbocycles. The van der Waals surface area contributed by atoms with Crippen molar-refractivity contribution < 1.29 is 4.79 Å². The maximum absolute atomic E-state index is 11.7. The molecule has 0 atom stereocenters. The van der Waals surface area contributed by atoms with E-state index in [2.05, 4.69) is 34.6 Å². The van der Waals surface area contributed by atoms with Crippen molar-refractivity contribution in [3.63, 3.8) is 0 Å². The van der Waals surface area contributed by atoms with Crippen LogP contribution in [0.15, 0.2) is 24.3 Å². The van der Waals surface area contributed by atoms with Crippen LogP contribution in [0.25, 0.3) is 0 Å². The Labute approximate surface area is 138 Å². The second kappa shape index (κ2) is 9.01. The number of likely N-dealkylation sites (tertiary alicyclic amines) is 1. The SMILES string of the molecule is CCCCNC(=O)NC1CCN(Cc2ccc(Cl)cc2)CC1. The topological polar surface area (TPSA) is 44.4 Å². The first kappa shape index (κ1) is 17.1. The molecule has 22 heavy (non-hydrogen) atoms. The average Bonchev–Trinajstić information content (AvgIpc) is 2.52. The summed E-state index contributed by atoms with van der Waals surface area (Å²) in [5.41, 5.74) is 1.29. The first-order valence-corrected chi connectivity index (χ1v) is 8.56. The number of hydrogen-bond donors (Lipinski definition) is 2. The van der Waals surface area contributed by atoms with Crippen LogP contribution in [0.5, 0.6) is 0 Å². The van der Waals surface area contributed by atoms with Gasteiger partial charge in [0.05, 0.1) is 0 Å². The highest BCUT2D eigenvalue weighted by Gasteiger charge is 2.20. The van der Waals surface area contributed by atoms with Crippen molar-refractivity contribution in [1.82, 2.24) is 15.5 Å². The fourth-order valence-corrected chi connectivity index (χ4v) is 2.82. The minimum atomic E-state index is -0.0235. The van der Waals surface area contributed by atoms with Crippen molar-refractivity contribution in [2.75, 3.05) is 19.6 Å². The fraction of sp³-hybridized carbons (Fsp3) is 0.588. The first-order chi connectivity index (χ1) is 10.7. The van der Waals surface area contributed by atoms with Gasteiger partial charge in [-0.3, -0.25) is 4.90 Å². The van der Waals surface area contributed by atoms with Gasteiger partial charge in [0, 0.05) is 37.2 Å². The average molecular weight is 324 g/mol. The van der Waals surface area contributed by atoms with Gasteiger partial charge in [-0.25, -0.2) is 4.79 Å². The number of nitrogens with zero attached hydrogens (tertiary/aromatic N) is 1. The summed E-state index contributed by atoms with van der Waals surface area (Å²) < 4.78 is 0. The molecule has 1 aliphatic heterocycles. The third kappa shape index (κ3) is 5.85. The summed E-state index contributed by atoms with van der Waals surface area (Å²) in [6, 6.07) is 8.30. The molecule has 0 spiro atoms. The molecule has 2 rings (SSSR count). The standard InChI is InChI=1S/C17H26ClN3O/c1-2-3-10-19-17(22)20-16-8-11-21(12-9-16)13-14-4-6-15(18)7-5-14/h4-7,16H,2-3,8-13H2,1H3,(H2,19,20,22). The molecule has 1 saturated heterocycles. The van der Waals surface area contributed by atoms with Gasteiger partial charge in [-0.15, -0.1) is 0 Å². The Morgan fingerprint density at radius 1 is 1.27 bits per heavy atom. The lowest BCUT2D eigenvalue weighted by Gasteiger charge is -2.32. The van der Waals surface area contributed by atoms with E-state index in [-0.39, 0.29) is 6.03 Å². The van der Waals surface area contributed by atoms with Crippen molar-refractivity contribution in [1.29, 1.82) is 0 Å². The second-order valence-corrected chi connectivity index (χ2v) is 6.37. The van der Waals surface area contributed by atoms with E-state index in [0.717, 1.165) is 56.9 Å². The van der Waals surface area contributed by atoms with Crippen LogP contribution in [0, 0.1) is 0 Å². The summed E-state index contributed by atoms with van der Waals surface area (Å²) in [4.78, 5) is 14.2. The molecule has 0 saturated carbocycles. The molecular weight excluding hydrogens is 298 g/mol. The van der Waals surface area contributed by atoms with E-state index in [1.165, 1.54) is 5.56 Å². The Morgan fingerprint density at radius 2 is 1.95 bits per heavy atom. The molecule has 0 bridgehead atoms. The van der Waals surface area contributed by atoms with E-state index < -0.39 is 0 Å². The van der Waals surface area contributed by atoms with Gasteiger partial charge in [0.2, 0.25) is 0 Å². The van der Waals surface area contributed by atoms with Gasteiger partial charge in [0.25, 0.3) is 0 Å². The molecule has 122 valence electrons. The van der Waals surface area contributed by atoms with E-state index in [1.807, 2.05) is 12.1 Å². The third-order valence-electron chi connectivity index (χ3n) is 4.06. The van der Waals surface area contributed by atoms with Gasteiger partial charge < -0.3 is 10.6 Å². The van der Waals surface area contributed by atoms with Crippen LogP contribution in [0.4, 0.5) is 4.79 Å². The van der Waals surface area contributed by atoms with Crippen LogP contribution in [0.2, 0.25) is 5.02 Å². The minimum absolute atomic E-state index is 0.0235. The quantitative estimate of drug-likeness (QED) is 0.788. The smallest absolute Gasteiger partial charge is 0.315 e. The van der Waals surface area contributed by atoms with Crippen molar-refractivity contribution in [2.24, 2.45) is 0 Å². The fourth-order valence-electron chi connectivity index (χ4n) is 2.70. The molecule has 0 unspecified atom stereocenters. The second-order valence-electron chi connectivity index (χ2n) is 5.93. The van der Waals surface area contributed by atoms with Crippen LogP contribution in [0.1, 0.15) is 38.2 Å². The maximum Gasteiger partial charge on any atom is 0.315 e. The Morgan fingerprint density at radius 3 is 2.59 bits per heavy atom. The van der Waals surface area contributed by atoms with E-state index in [4.69, 9.17) is 11.6 Å². The largest absolute Gasteiger partial charge is 0.338 e. The summed E-state index contributed by atoms with van der Waals surface area (Å²) in [7, 11) is 0. The maximum atomic E-state index is 11.7. The summed E-state index contributed by atoms with van der Waals surface area (Å²) in [5, 5.41) is 6.76. The van der Waals surface area contributed by atoms with Crippen LogP contribution >= 0.6 is 11.6 Å². The predicted octanol–water partition coefficient (Wildman–Crippen LogP) is 3.40. The van der Waals surface area contributed by atoms with E-state index >= 15 is 0 Å². The zero-order chi connectivity index (χ0) is 15.8. The summed E-state index contributed by atoms with van der Waals surface area (Å²) >= 11 is 5.91. The number of piperidine rings is 1. The zero-order valence-electron chi connectivity index (χ0n) is 13.3. The number of amides is 2. The predicted molar refractivity (Wildman–Crippen MR) is 91.2 cm³/mol. The number of unbranched alkanes of at least 4 members (excludes halogenated alkanes) is 1. The number of benzene rings is 1. The monoisotopic (exact) mass is 323 g/mol. The molecule has 0 aliphatic carbocycles. The molecule has 0 aromatic heterocycles. The molecule has 1 heterocycles. The van der Waals surface area contributed by atoms with Crippen molar-refractivity contribution in [3.05, 3.63) is 34.9 Å². The number of nitrogens with one attached hydrogen (secondary N) is 2. The number of carbonyl (C=O) groups excluding carboxylic acids is 1. The van der Waals surface area contributed by atoms with Gasteiger partial charge in [-0.05, 0) is 37.0 Å². The summed E-state index contributed by atoms with van der Waals surface area (Å²) in [6.07, 6.45) is 4.15. The summed E-state index contributed by atoms with van der Waals surface area (Å²) in [5.74, 6) is 0. The van der Waals surface area contributed by atoms with Crippen LogP contribution in [-0.4, -0.2) is 36.6 Å². The highest BCUT2D eigenvalue weighted by atomic mass is 35.5. The number of urea groups is 1. The van der Waals surface area contributed by atoms with Gasteiger partial charge >= 0.3 is 6.03 Å². The molecule has 1 fully saturated rings. The van der Waals surface area contributed by atoms with Gasteiger partial charge in [-0.2, -0.15) is 0 Å². The Kier molecular flexibility index (Phi) is 7.00. The molecule has 0 radical (unpaired) electrons. The van der Waals surface area contributed by atoms with Crippen molar-refractivity contribution in [2.45, 2.75) is 45.2 Å². The molecule has 1 aliphatic rings. The molecule has 5 heteroatoms. The molecular formula is C17H26ClN3O. The lowest BCUT2D eigenvalue weighted by Crippen LogP contribution is -2.47. The van der Waals surface area contributed by atoms with E-state index in [0.29, 0.717) is 6.04 Å². The Hall–Kier alpha value is -1.26. The van der Waals surface area contributed by atoms with E-state index in [9.17, 15) is 4.79 Å². The minimum Gasteiger partial charge on any atom is -0.338 e. The zero-order valence-corrected chi connectivity index (χ0v) is 14.0.